The molecule has 4 nitrogen and oxygen atoms in total. The zero-order valence-electron chi connectivity index (χ0n) is 11.4. The largest absolute Gasteiger partial charge is 0.486 e. The number of aromatic amines is 1. The number of ether oxygens (including phenoxy) is 2. The van der Waals surface area contributed by atoms with E-state index < -0.39 is 0 Å². The number of nitrogens with one attached hydrogen (secondary N) is 1. The average molecular weight is 345 g/mol. The van der Waals surface area contributed by atoms with Crippen molar-refractivity contribution >= 4 is 27.0 Å². The molecular weight excluding hydrogens is 332 g/mol. The highest BCUT2D eigenvalue weighted by atomic mass is 79.9. The van der Waals surface area contributed by atoms with Crippen LogP contribution in [-0.4, -0.2) is 23.2 Å². The predicted octanol–water partition coefficient (Wildman–Crippen LogP) is 4.07. The van der Waals surface area contributed by atoms with E-state index in [0.717, 1.165) is 44.0 Å². The van der Waals surface area contributed by atoms with Gasteiger partial charge in [0.25, 0.3) is 0 Å². The molecule has 0 atom stereocenters. The molecule has 1 aliphatic heterocycles. The van der Waals surface area contributed by atoms with Gasteiger partial charge in [0.05, 0.1) is 16.6 Å². The quantitative estimate of drug-likeness (QED) is 0.723. The summed E-state index contributed by atoms with van der Waals surface area (Å²) in [5.74, 6) is 2.34. The number of halogens is 1. The van der Waals surface area contributed by atoms with Gasteiger partial charge in [0, 0.05) is 4.47 Å². The van der Waals surface area contributed by atoms with Gasteiger partial charge in [-0.15, -0.1) is 0 Å². The van der Waals surface area contributed by atoms with Gasteiger partial charge in [-0.2, -0.15) is 0 Å². The summed E-state index contributed by atoms with van der Waals surface area (Å²) in [6.45, 7) is 3.20. The number of nitrogens with zero attached hydrogens (tertiary/aromatic N) is 1. The lowest BCUT2D eigenvalue weighted by molar-refractivity contribution is 0.172. The maximum Gasteiger partial charge on any atom is 0.172 e. The second-order valence-corrected chi connectivity index (χ2v) is 5.95. The van der Waals surface area contributed by atoms with Crippen LogP contribution in [0.25, 0.3) is 22.4 Å². The molecule has 0 radical (unpaired) electrons. The number of aromatic nitrogens is 2. The monoisotopic (exact) mass is 344 g/mol. The lowest BCUT2D eigenvalue weighted by Crippen LogP contribution is -2.15. The summed E-state index contributed by atoms with van der Waals surface area (Å²) in [6, 6.07) is 9.97. The number of imidazole rings is 1. The number of rotatable bonds is 1. The molecule has 5 heteroatoms. The standard InChI is InChI=1S/C16H13BrN2O2/c1-9-7-10(17)8-12-14(9)19-16(18-12)11-3-2-4-13-15(11)21-6-5-20-13/h2-4,7-8H,5-6H2,1H3,(H,18,19). The maximum atomic E-state index is 5.76. The highest BCUT2D eigenvalue weighted by Crippen LogP contribution is 2.39. The lowest BCUT2D eigenvalue weighted by Gasteiger charge is -2.20. The normalized spacial score (nSPS) is 13.6. The minimum atomic E-state index is 0.564. The van der Waals surface area contributed by atoms with Crippen LogP contribution in [0.3, 0.4) is 0 Å². The Balaban J connectivity index is 1.93. The average Bonchev–Trinajstić information content (AvgIpc) is 2.90. The van der Waals surface area contributed by atoms with Gasteiger partial charge in [-0.1, -0.05) is 22.0 Å². The summed E-state index contributed by atoms with van der Waals surface area (Å²) in [7, 11) is 0. The molecule has 0 bridgehead atoms. The third-order valence-corrected chi connectivity index (χ3v) is 4.02. The van der Waals surface area contributed by atoms with E-state index in [0.29, 0.717) is 13.2 Å². The van der Waals surface area contributed by atoms with Gasteiger partial charge < -0.3 is 14.5 Å². The molecule has 0 saturated heterocycles. The van der Waals surface area contributed by atoms with Crippen LogP contribution in [0.2, 0.25) is 0 Å². The number of benzene rings is 2. The van der Waals surface area contributed by atoms with E-state index in [1.807, 2.05) is 24.3 Å². The Bertz CT molecular complexity index is 842. The van der Waals surface area contributed by atoms with Gasteiger partial charge in [0.15, 0.2) is 11.5 Å². The number of hydrogen-bond donors (Lipinski definition) is 1. The molecule has 2 heterocycles. The fourth-order valence-corrected chi connectivity index (χ4v) is 3.21. The Hall–Kier alpha value is -2.01. The molecule has 21 heavy (non-hydrogen) atoms. The minimum absolute atomic E-state index is 0.564. The first kappa shape index (κ1) is 12.7. The van der Waals surface area contributed by atoms with Crippen LogP contribution >= 0.6 is 15.9 Å². The fraction of sp³-hybridized carbons (Fsp3) is 0.188. The van der Waals surface area contributed by atoms with Gasteiger partial charge in [0.1, 0.15) is 19.0 Å². The van der Waals surface area contributed by atoms with Crippen molar-refractivity contribution in [2.24, 2.45) is 0 Å². The molecule has 1 aliphatic rings. The highest BCUT2D eigenvalue weighted by molar-refractivity contribution is 9.10. The number of fused-ring (bicyclic) bond motifs is 2. The number of para-hydroxylation sites is 1. The minimum Gasteiger partial charge on any atom is -0.486 e. The molecule has 0 saturated carbocycles. The van der Waals surface area contributed by atoms with E-state index >= 15 is 0 Å². The first-order chi connectivity index (χ1) is 10.2. The molecular formula is C16H13BrN2O2. The Morgan fingerprint density at radius 3 is 2.95 bits per heavy atom. The number of H-pyrrole nitrogens is 1. The van der Waals surface area contributed by atoms with Gasteiger partial charge in [-0.3, -0.25) is 0 Å². The van der Waals surface area contributed by atoms with Gasteiger partial charge >= 0.3 is 0 Å². The molecule has 3 aromatic rings. The van der Waals surface area contributed by atoms with Crippen molar-refractivity contribution < 1.29 is 9.47 Å². The molecule has 1 N–H and O–H groups in total. The topological polar surface area (TPSA) is 47.1 Å². The van der Waals surface area contributed by atoms with Gasteiger partial charge in [-0.05, 0) is 36.8 Å². The molecule has 0 aliphatic carbocycles. The zero-order valence-corrected chi connectivity index (χ0v) is 13.0. The number of hydrogen-bond acceptors (Lipinski definition) is 3. The van der Waals surface area contributed by atoms with Crippen molar-refractivity contribution in [1.29, 1.82) is 0 Å². The Kier molecular flexibility index (Phi) is 2.89. The summed E-state index contributed by atoms with van der Waals surface area (Å²) in [4.78, 5) is 8.09. The van der Waals surface area contributed by atoms with Crippen LogP contribution in [0.4, 0.5) is 0 Å². The Morgan fingerprint density at radius 1 is 1.19 bits per heavy atom. The van der Waals surface area contributed by atoms with Crippen molar-refractivity contribution in [3.8, 4) is 22.9 Å². The lowest BCUT2D eigenvalue weighted by atomic mass is 10.1. The Morgan fingerprint density at radius 2 is 2.05 bits per heavy atom. The van der Waals surface area contributed by atoms with Crippen molar-refractivity contribution in [2.45, 2.75) is 6.92 Å². The smallest absolute Gasteiger partial charge is 0.172 e. The molecule has 4 rings (SSSR count). The second kappa shape index (κ2) is 4.77. The molecule has 1 aromatic heterocycles. The molecule has 0 fully saturated rings. The second-order valence-electron chi connectivity index (χ2n) is 5.03. The molecule has 106 valence electrons. The van der Waals surface area contributed by atoms with E-state index in [2.05, 4.69) is 33.9 Å². The third kappa shape index (κ3) is 2.08. The van der Waals surface area contributed by atoms with E-state index in [9.17, 15) is 0 Å². The molecule has 0 spiro atoms. The van der Waals surface area contributed by atoms with Gasteiger partial charge in [-0.25, -0.2) is 4.98 Å². The zero-order chi connectivity index (χ0) is 14.4. The summed E-state index contributed by atoms with van der Waals surface area (Å²) in [6.07, 6.45) is 0. The molecule has 0 amide bonds. The van der Waals surface area contributed by atoms with E-state index in [1.165, 1.54) is 0 Å². The van der Waals surface area contributed by atoms with Crippen LogP contribution in [0.5, 0.6) is 11.5 Å². The van der Waals surface area contributed by atoms with Crippen LogP contribution in [-0.2, 0) is 0 Å². The fourth-order valence-electron chi connectivity index (χ4n) is 2.63. The van der Waals surface area contributed by atoms with Crippen molar-refractivity contribution in [3.63, 3.8) is 0 Å². The van der Waals surface area contributed by atoms with E-state index in [1.54, 1.807) is 0 Å². The first-order valence-corrected chi connectivity index (χ1v) is 7.56. The van der Waals surface area contributed by atoms with Crippen LogP contribution < -0.4 is 9.47 Å². The van der Waals surface area contributed by atoms with Crippen molar-refractivity contribution in [1.82, 2.24) is 9.97 Å². The first-order valence-electron chi connectivity index (χ1n) is 6.77. The van der Waals surface area contributed by atoms with Crippen LogP contribution in [0.15, 0.2) is 34.8 Å². The highest BCUT2D eigenvalue weighted by Gasteiger charge is 2.19. The van der Waals surface area contributed by atoms with Crippen molar-refractivity contribution in [2.75, 3.05) is 13.2 Å². The summed E-state index contributed by atoms with van der Waals surface area (Å²) >= 11 is 3.52. The third-order valence-electron chi connectivity index (χ3n) is 3.56. The van der Waals surface area contributed by atoms with Crippen LogP contribution in [0.1, 0.15) is 5.56 Å². The molecule has 2 aromatic carbocycles. The predicted molar refractivity (Wildman–Crippen MR) is 85.0 cm³/mol. The summed E-state index contributed by atoms with van der Waals surface area (Å²) in [5.41, 5.74) is 4.04. The Labute approximate surface area is 130 Å². The SMILES string of the molecule is Cc1cc(Br)cc2[nH]c(-c3cccc4c3OCCO4)nc12. The number of aryl methyl sites for hydroxylation is 1. The van der Waals surface area contributed by atoms with E-state index in [4.69, 9.17) is 14.5 Å². The summed E-state index contributed by atoms with van der Waals surface area (Å²) in [5, 5.41) is 0. The maximum absolute atomic E-state index is 5.76. The van der Waals surface area contributed by atoms with E-state index in [-0.39, 0.29) is 0 Å². The van der Waals surface area contributed by atoms with Crippen LogP contribution in [0, 0.1) is 6.92 Å². The summed E-state index contributed by atoms with van der Waals surface area (Å²) < 4.78 is 12.4. The molecule has 0 unspecified atom stereocenters. The van der Waals surface area contributed by atoms with Crippen molar-refractivity contribution in [3.05, 3.63) is 40.4 Å². The van der Waals surface area contributed by atoms with Gasteiger partial charge in [0.2, 0.25) is 0 Å².